The Hall–Kier alpha value is -2.89. The van der Waals surface area contributed by atoms with Gasteiger partial charge in [0, 0.05) is 36.2 Å². The third-order valence-electron chi connectivity index (χ3n) is 5.65. The van der Waals surface area contributed by atoms with E-state index >= 15 is 0 Å². The average Bonchev–Trinajstić information content (AvgIpc) is 3.46. The van der Waals surface area contributed by atoms with Crippen molar-refractivity contribution < 1.29 is 18.0 Å². The van der Waals surface area contributed by atoms with E-state index < -0.39 is 21.8 Å². The predicted molar refractivity (Wildman–Crippen MR) is 126 cm³/mol. The molecule has 0 saturated carbocycles. The smallest absolute Gasteiger partial charge is 0.267 e. The second-order valence-electron chi connectivity index (χ2n) is 7.86. The molecule has 174 valence electrons. The molecule has 3 heterocycles. The van der Waals surface area contributed by atoms with Crippen LogP contribution < -0.4 is 10.9 Å². The predicted octanol–water partition coefficient (Wildman–Crippen LogP) is 2.73. The van der Waals surface area contributed by atoms with Gasteiger partial charge in [-0.05, 0) is 56.5 Å². The number of thiophene rings is 1. The highest BCUT2D eigenvalue weighted by Crippen LogP contribution is 2.31. The molecular weight excluding hydrogens is 462 g/mol. The van der Waals surface area contributed by atoms with Gasteiger partial charge in [0.15, 0.2) is 0 Å². The first-order chi connectivity index (χ1) is 15.7. The molecular formula is C22H25N5O4S2. The van der Waals surface area contributed by atoms with Gasteiger partial charge in [-0.15, -0.1) is 11.3 Å². The van der Waals surface area contributed by atoms with E-state index in [1.165, 1.54) is 39.9 Å². The van der Waals surface area contributed by atoms with Crippen LogP contribution in [0.25, 0.3) is 10.2 Å². The largest absolute Gasteiger partial charge is 0.280 e. The molecule has 1 aliphatic heterocycles. The number of rotatable bonds is 5. The molecule has 1 aromatic carbocycles. The summed E-state index contributed by atoms with van der Waals surface area (Å²) < 4.78 is 26.7. The second-order valence-corrected chi connectivity index (χ2v) is 10.8. The Balaban J connectivity index is 1.45. The van der Waals surface area contributed by atoms with E-state index in [4.69, 9.17) is 0 Å². The van der Waals surface area contributed by atoms with Crippen LogP contribution in [0.3, 0.4) is 0 Å². The molecule has 2 amide bonds. The van der Waals surface area contributed by atoms with Gasteiger partial charge in [0.05, 0.1) is 9.77 Å². The Labute approximate surface area is 196 Å². The standard InChI is InChI=1S/C22H25N5O4S2/c1-4-17-23-14(3)18-13(2)19(32-22(18)24-17)21(29)26-25-20(28)15-7-9-16(10-8-15)33(30,31)27-11-5-6-12-27/h7-10H,4-6,11-12H2,1-3H3,(H,25,28)(H,26,29). The lowest BCUT2D eigenvalue weighted by Gasteiger charge is -2.15. The highest BCUT2D eigenvalue weighted by Gasteiger charge is 2.27. The maximum Gasteiger partial charge on any atom is 0.280 e. The molecule has 1 fully saturated rings. The van der Waals surface area contributed by atoms with Crippen molar-refractivity contribution in [3.05, 3.63) is 51.8 Å². The van der Waals surface area contributed by atoms with Crippen LogP contribution in [-0.4, -0.2) is 47.6 Å². The van der Waals surface area contributed by atoms with Crippen molar-refractivity contribution in [1.29, 1.82) is 0 Å². The minimum absolute atomic E-state index is 0.147. The fourth-order valence-electron chi connectivity index (χ4n) is 3.87. The van der Waals surface area contributed by atoms with Gasteiger partial charge in [0.25, 0.3) is 11.8 Å². The number of nitrogens with one attached hydrogen (secondary N) is 2. The molecule has 2 N–H and O–H groups in total. The number of sulfonamides is 1. The number of aryl methyl sites for hydroxylation is 3. The minimum atomic E-state index is -3.55. The SMILES string of the molecule is CCc1nc(C)c2c(C)c(C(=O)NNC(=O)c3ccc(S(=O)(=O)N4CCCC4)cc3)sc2n1. The molecule has 11 heteroatoms. The first-order valence-corrected chi connectivity index (χ1v) is 13.0. The summed E-state index contributed by atoms with van der Waals surface area (Å²) in [6.45, 7) is 6.72. The summed E-state index contributed by atoms with van der Waals surface area (Å²) in [6.07, 6.45) is 2.40. The van der Waals surface area contributed by atoms with Crippen LogP contribution in [0.5, 0.6) is 0 Å². The minimum Gasteiger partial charge on any atom is -0.267 e. The highest BCUT2D eigenvalue weighted by atomic mass is 32.2. The molecule has 2 aromatic heterocycles. The zero-order chi connectivity index (χ0) is 23.8. The Morgan fingerprint density at radius 2 is 1.67 bits per heavy atom. The molecule has 4 rings (SSSR count). The van der Waals surface area contributed by atoms with E-state index in [0.717, 1.165) is 40.1 Å². The fourth-order valence-corrected chi connectivity index (χ4v) is 6.53. The Kier molecular flexibility index (Phi) is 6.46. The van der Waals surface area contributed by atoms with Crippen molar-refractivity contribution >= 4 is 43.4 Å². The molecule has 1 aliphatic rings. The van der Waals surface area contributed by atoms with Crippen molar-refractivity contribution in [1.82, 2.24) is 25.1 Å². The molecule has 0 spiro atoms. The van der Waals surface area contributed by atoms with Crippen LogP contribution in [0.4, 0.5) is 0 Å². The summed E-state index contributed by atoms with van der Waals surface area (Å²) >= 11 is 1.25. The van der Waals surface area contributed by atoms with Gasteiger partial charge in [0.1, 0.15) is 10.7 Å². The second kappa shape index (κ2) is 9.16. The van der Waals surface area contributed by atoms with Crippen LogP contribution >= 0.6 is 11.3 Å². The van der Waals surface area contributed by atoms with Crippen molar-refractivity contribution in [3.8, 4) is 0 Å². The number of fused-ring (bicyclic) bond motifs is 1. The molecule has 0 unspecified atom stereocenters. The summed E-state index contributed by atoms with van der Waals surface area (Å²) in [6, 6.07) is 5.68. The quantitative estimate of drug-likeness (QED) is 0.534. The van der Waals surface area contributed by atoms with Crippen LogP contribution in [0.15, 0.2) is 29.2 Å². The van der Waals surface area contributed by atoms with Gasteiger partial charge in [-0.3, -0.25) is 20.4 Å². The first-order valence-electron chi connectivity index (χ1n) is 10.7. The van der Waals surface area contributed by atoms with E-state index in [1.54, 1.807) is 0 Å². The first kappa shape index (κ1) is 23.3. The number of nitrogens with zero attached hydrogens (tertiary/aromatic N) is 3. The summed E-state index contributed by atoms with van der Waals surface area (Å²) in [7, 11) is -3.55. The van der Waals surface area contributed by atoms with Gasteiger partial charge in [-0.25, -0.2) is 18.4 Å². The monoisotopic (exact) mass is 487 g/mol. The highest BCUT2D eigenvalue weighted by molar-refractivity contribution is 7.89. The van der Waals surface area contributed by atoms with Gasteiger partial charge in [0.2, 0.25) is 10.0 Å². The zero-order valence-corrected chi connectivity index (χ0v) is 20.3. The number of carbonyl (C=O) groups excluding carboxylic acids is 2. The molecule has 0 aliphatic carbocycles. The van der Waals surface area contributed by atoms with Gasteiger partial charge in [-0.2, -0.15) is 4.31 Å². The molecule has 3 aromatic rings. The maximum atomic E-state index is 12.7. The Bertz CT molecular complexity index is 1330. The van der Waals surface area contributed by atoms with Crippen LogP contribution in [0.1, 0.15) is 56.9 Å². The number of carbonyl (C=O) groups is 2. The number of amides is 2. The molecule has 9 nitrogen and oxygen atoms in total. The van der Waals surface area contributed by atoms with E-state index in [2.05, 4.69) is 20.8 Å². The van der Waals surface area contributed by atoms with Gasteiger partial charge >= 0.3 is 0 Å². The zero-order valence-electron chi connectivity index (χ0n) is 18.6. The van der Waals surface area contributed by atoms with Crippen LogP contribution in [0, 0.1) is 13.8 Å². The van der Waals surface area contributed by atoms with Gasteiger partial charge in [-0.1, -0.05) is 6.92 Å². The summed E-state index contributed by atoms with van der Waals surface area (Å²) in [5.41, 5.74) is 6.64. The Morgan fingerprint density at radius 3 is 2.30 bits per heavy atom. The van der Waals surface area contributed by atoms with Crippen LogP contribution in [0.2, 0.25) is 0 Å². The van der Waals surface area contributed by atoms with Crippen LogP contribution in [-0.2, 0) is 16.4 Å². The molecule has 0 atom stereocenters. The van der Waals surface area contributed by atoms with Crippen molar-refractivity contribution in [2.45, 2.75) is 44.9 Å². The van der Waals surface area contributed by atoms with E-state index in [-0.39, 0.29) is 10.5 Å². The lowest BCUT2D eigenvalue weighted by atomic mass is 10.1. The number of benzene rings is 1. The molecule has 33 heavy (non-hydrogen) atoms. The van der Waals surface area contributed by atoms with Crippen molar-refractivity contribution in [3.63, 3.8) is 0 Å². The molecule has 0 radical (unpaired) electrons. The lowest BCUT2D eigenvalue weighted by molar-refractivity contribution is 0.0848. The number of aromatic nitrogens is 2. The summed E-state index contributed by atoms with van der Waals surface area (Å²) in [5, 5.41) is 0.850. The fraction of sp³-hybridized carbons (Fsp3) is 0.364. The van der Waals surface area contributed by atoms with Crippen molar-refractivity contribution in [2.75, 3.05) is 13.1 Å². The number of hydrogen-bond acceptors (Lipinski definition) is 7. The van der Waals surface area contributed by atoms with E-state index in [0.29, 0.717) is 24.4 Å². The number of hydrazine groups is 1. The lowest BCUT2D eigenvalue weighted by Crippen LogP contribution is -2.41. The summed E-state index contributed by atoms with van der Waals surface area (Å²) in [5.74, 6) is -0.275. The third kappa shape index (κ3) is 4.48. The summed E-state index contributed by atoms with van der Waals surface area (Å²) in [4.78, 5) is 35.5. The average molecular weight is 488 g/mol. The van der Waals surface area contributed by atoms with Crippen molar-refractivity contribution in [2.24, 2.45) is 0 Å². The van der Waals surface area contributed by atoms with Gasteiger partial charge < -0.3 is 0 Å². The Morgan fingerprint density at radius 1 is 1.03 bits per heavy atom. The number of hydrogen-bond donors (Lipinski definition) is 2. The topological polar surface area (TPSA) is 121 Å². The van der Waals surface area contributed by atoms with E-state index in [9.17, 15) is 18.0 Å². The normalized spacial score (nSPS) is 14.5. The third-order valence-corrected chi connectivity index (χ3v) is 8.75. The molecule has 1 saturated heterocycles. The maximum absolute atomic E-state index is 12.7. The van der Waals surface area contributed by atoms with E-state index in [1.807, 2.05) is 20.8 Å². The molecule has 0 bridgehead atoms.